The molecular weight excluding hydrogens is 242 g/mol. The SMILES string of the molecule is COc1ccc2c(c1)OC1(CCNCC1C)CC2O. The van der Waals surface area contributed by atoms with Gasteiger partial charge in [-0.2, -0.15) is 0 Å². The summed E-state index contributed by atoms with van der Waals surface area (Å²) in [5.41, 5.74) is 0.626. The van der Waals surface area contributed by atoms with Crippen molar-refractivity contribution >= 4 is 0 Å². The van der Waals surface area contributed by atoms with Crippen LogP contribution in [0.1, 0.15) is 31.4 Å². The smallest absolute Gasteiger partial charge is 0.129 e. The van der Waals surface area contributed by atoms with Gasteiger partial charge >= 0.3 is 0 Å². The molecule has 4 heteroatoms. The summed E-state index contributed by atoms with van der Waals surface area (Å²) in [6.45, 7) is 4.06. The molecule has 104 valence electrons. The van der Waals surface area contributed by atoms with Crippen LogP contribution < -0.4 is 14.8 Å². The van der Waals surface area contributed by atoms with Crippen LogP contribution in [0.4, 0.5) is 0 Å². The Morgan fingerprint density at radius 1 is 1.47 bits per heavy atom. The average Bonchev–Trinajstić information content (AvgIpc) is 2.41. The molecule has 2 heterocycles. The summed E-state index contributed by atoms with van der Waals surface area (Å²) in [4.78, 5) is 0. The molecule has 4 nitrogen and oxygen atoms in total. The zero-order chi connectivity index (χ0) is 13.5. The summed E-state index contributed by atoms with van der Waals surface area (Å²) in [6, 6.07) is 5.65. The standard InChI is InChI=1S/C15H21NO3/c1-10-9-16-6-5-15(10)8-13(17)12-4-3-11(18-2)7-14(12)19-15/h3-4,7,10,13,16-17H,5-6,8-9H2,1-2H3. The fourth-order valence-electron chi connectivity index (χ4n) is 3.21. The molecule has 0 bridgehead atoms. The summed E-state index contributed by atoms with van der Waals surface area (Å²) in [6.07, 6.45) is 1.16. The highest BCUT2D eigenvalue weighted by molar-refractivity contribution is 5.44. The topological polar surface area (TPSA) is 50.7 Å². The Balaban J connectivity index is 1.97. The zero-order valence-electron chi connectivity index (χ0n) is 11.5. The first kappa shape index (κ1) is 12.8. The van der Waals surface area contributed by atoms with Crippen LogP contribution >= 0.6 is 0 Å². The van der Waals surface area contributed by atoms with Crippen LogP contribution in [-0.4, -0.2) is 30.9 Å². The van der Waals surface area contributed by atoms with Gasteiger partial charge in [0, 0.05) is 30.5 Å². The predicted octanol–water partition coefficient (Wildman–Crippen LogP) is 1.88. The molecule has 3 unspecified atom stereocenters. The van der Waals surface area contributed by atoms with E-state index in [0.717, 1.165) is 36.6 Å². The zero-order valence-corrected chi connectivity index (χ0v) is 11.5. The first-order chi connectivity index (χ1) is 9.14. The molecular formula is C15H21NO3. The Labute approximate surface area is 113 Å². The highest BCUT2D eigenvalue weighted by Crippen LogP contribution is 2.46. The minimum atomic E-state index is -0.449. The molecule has 0 radical (unpaired) electrons. The molecule has 1 aromatic carbocycles. The van der Waals surface area contributed by atoms with Crippen LogP contribution in [-0.2, 0) is 0 Å². The molecule has 3 rings (SSSR count). The molecule has 3 atom stereocenters. The molecule has 0 aromatic heterocycles. The van der Waals surface area contributed by atoms with Gasteiger partial charge in [0.25, 0.3) is 0 Å². The van der Waals surface area contributed by atoms with E-state index in [1.54, 1.807) is 7.11 Å². The fraction of sp³-hybridized carbons (Fsp3) is 0.600. The quantitative estimate of drug-likeness (QED) is 0.812. The molecule has 1 saturated heterocycles. The third-order valence-corrected chi connectivity index (χ3v) is 4.51. The second kappa shape index (κ2) is 4.69. The van der Waals surface area contributed by atoms with Crippen molar-refractivity contribution in [1.29, 1.82) is 0 Å². The van der Waals surface area contributed by atoms with Gasteiger partial charge in [0.15, 0.2) is 0 Å². The summed E-state index contributed by atoms with van der Waals surface area (Å²) in [5, 5.41) is 13.8. The summed E-state index contributed by atoms with van der Waals surface area (Å²) < 4.78 is 11.5. The predicted molar refractivity (Wildman–Crippen MR) is 72.6 cm³/mol. The number of rotatable bonds is 1. The van der Waals surface area contributed by atoms with Gasteiger partial charge in [0.2, 0.25) is 0 Å². The molecule has 1 spiro atoms. The van der Waals surface area contributed by atoms with Crippen LogP contribution in [0, 0.1) is 5.92 Å². The normalized spacial score (nSPS) is 33.6. The molecule has 0 saturated carbocycles. The van der Waals surface area contributed by atoms with Gasteiger partial charge in [0.05, 0.1) is 13.2 Å². The number of ether oxygens (including phenoxy) is 2. The summed E-state index contributed by atoms with van der Waals surface area (Å²) in [5.74, 6) is 1.92. The molecule has 2 N–H and O–H groups in total. The van der Waals surface area contributed by atoms with Crippen molar-refractivity contribution in [1.82, 2.24) is 5.32 Å². The van der Waals surface area contributed by atoms with Crippen molar-refractivity contribution in [3.05, 3.63) is 23.8 Å². The number of hydrogen-bond donors (Lipinski definition) is 2. The Morgan fingerprint density at radius 2 is 2.32 bits per heavy atom. The number of fused-ring (bicyclic) bond motifs is 1. The van der Waals surface area contributed by atoms with Crippen LogP contribution in [0.15, 0.2) is 18.2 Å². The van der Waals surface area contributed by atoms with Crippen LogP contribution in [0.2, 0.25) is 0 Å². The van der Waals surface area contributed by atoms with E-state index >= 15 is 0 Å². The van der Waals surface area contributed by atoms with E-state index in [0.29, 0.717) is 12.3 Å². The maximum absolute atomic E-state index is 10.4. The Hall–Kier alpha value is -1.26. The highest BCUT2D eigenvalue weighted by atomic mass is 16.5. The third-order valence-electron chi connectivity index (χ3n) is 4.51. The van der Waals surface area contributed by atoms with Crippen molar-refractivity contribution < 1.29 is 14.6 Å². The fourth-order valence-corrected chi connectivity index (χ4v) is 3.21. The minimum absolute atomic E-state index is 0.246. The van der Waals surface area contributed by atoms with E-state index < -0.39 is 6.10 Å². The monoisotopic (exact) mass is 263 g/mol. The van der Waals surface area contributed by atoms with E-state index in [1.165, 1.54) is 0 Å². The van der Waals surface area contributed by atoms with Gasteiger partial charge in [-0.15, -0.1) is 0 Å². The van der Waals surface area contributed by atoms with Gasteiger partial charge in [-0.3, -0.25) is 0 Å². The first-order valence-corrected chi connectivity index (χ1v) is 6.90. The molecule has 1 aromatic rings. The first-order valence-electron chi connectivity index (χ1n) is 6.90. The molecule has 2 aliphatic rings. The number of aliphatic hydroxyl groups is 1. The van der Waals surface area contributed by atoms with E-state index in [-0.39, 0.29) is 5.60 Å². The van der Waals surface area contributed by atoms with E-state index in [4.69, 9.17) is 9.47 Å². The lowest BCUT2D eigenvalue weighted by atomic mass is 9.76. The van der Waals surface area contributed by atoms with Crippen molar-refractivity contribution in [3.8, 4) is 11.5 Å². The summed E-state index contributed by atoms with van der Waals surface area (Å²) in [7, 11) is 1.64. The van der Waals surface area contributed by atoms with E-state index in [9.17, 15) is 5.11 Å². The minimum Gasteiger partial charge on any atom is -0.497 e. The Morgan fingerprint density at radius 3 is 3.05 bits per heavy atom. The lowest BCUT2D eigenvalue weighted by Crippen LogP contribution is -2.55. The summed E-state index contributed by atoms with van der Waals surface area (Å²) >= 11 is 0. The van der Waals surface area contributed by atoms with Crippen LogP contribution in [0.5, 0.6) is 11.5 Å². The number of nitrogens with one attached hydrogen (secondary N) is 1. The molecule has 0 aliphatic carbocycles. The molecule has 19 heavy (non-hydrogen) atoms. The molecule has 1 fully saturated rings. The lowest BCUT2D eigenvalue weighted by molar-refractivity contribution is -0.0660. The number of benzene rings is 1. The maximum Gasteiger partial charge on any atom is 0.129 e. The maximum atomic E-state index is 10.4. The molecule has 2 aliphatic heterocycles. The number of hydrogen-bond acceptors (Lipinski definition) is 4. The largest absolute Gasteiger partial charge is 0.497 e. The van der Waals surface area contributed by atoms with Crippen LogP contribution in [0.25, 0.3) is 0 Å². The number of piperidine rings is 1. The van der Waals surface area contributed by atoms with Gasteiger partial charge in [-0.25, -0.2) is 0 Å². The second-order valence-corrected chi connectivity index (χ2v) is 5.65. The van der Waals surface area contributed by atoms with Crippen molar-refractivity contribution in [3.63, 3.8) is 0 Å². The van der Waals surface area contributed by atoms with Crippen molar-refractivity contribution in [2.45, 2.75) is 31.5 Å². The van der Waals surface area contributed by atoms with E-state index in [2.05, 4.69) is 12.2 Å². The lowest BCUT2D eigenvalue weighted by Gasteiger charge is -2.47. The average molecular weight is 263 g/mol. The van der Waals surface area contributed by atoms with Gasteiger partial charge in [-0.05, 0) is 25.1 Å². The van der Waals surface area contributed by atoms with Crippen LogP contribution in [0.3, 0.4) is 0 Å². The van der Waals surface area contributed by atoms with Crippen molar-refractivity contribution in [2.75, 3.05) is 20.2 Å². The van der Waals surface area contributed by atoms with Crippen molar-refractivity contribution in [2.24, 2.45) is 5.92 Å². The molecule has 0 amide bonds. The third kappa shape index (κ3) is 2.09. The number of aliphatic hydroxyl groups excluding tert-OH is 1. The van der Waals surface area contributed by atoms with E-state index in [1.807, 2.05) is 18.2 Å². The highest BCUT2D eigenvalue weighted by Gasteiger charge is 2.45. The second-order valence-electron chi connectivity index (χ2n) is 5.65. The number of methoxy groups -OCH3 is 1. The Bertz CT molecular complexity index is 476. The van der Waals surface area contributed by atoms with Gasteiger partial charge < -0.3 is 19.9 Å². The van der Waals surface area contributed by atoms with Gasteiger partial charge in [0.1, 0.15) is 17.1 Å². The van der Waals surface area contributed by atoms with Gasteiger partial charge in [-0.1, -0.05) is 6.92 Å². The Kier molecular flexibility index (Phi) is 3.15.